The van der Waals surface area contributed by atoms with Gasteiger partial charge in [-0.3, -0.25) is 4.79 Å². The monoisotopic (exact) mass is 290 g/mol. The Morgan fingerprint density at radius 3 is 3.05 bits per heavy atom. The number of nitrogens with zero attached hydrogens (tertiary/aromatic N) is 4. The number of anilines is 1. The Bertz CT molecular complexity index is 477. The molecular weight excluding hydrogens is 264 g/mol. The highest BCUT2D eigenvalue weighted by Crippen LogP contribution is 2.19. The van der Waals surface area contributed by atoms with Gasteiger partial charge in [-0.25, -0.2) is 9.97 Å². The van der Waals surface area contributed by atoms with E-state index in [9.17, 15) is 4.79 Å². The van der Waals surface area contributed by atoms with E-state index in [0.29, 0.717) is 17.6 Å². The number of aromatic nitrogens is 2. The molecule has 0 aliphatic carbocycles. The Hall–Kier alpha value is -1.65. The summed E-state index contributed by atoms with van der Waals surface area (Å²) >= 11 is 0. The molecule has 0 N–H and O–H groups in total. The molecule has 0 aromatic carbocycles. The van der Waals surface area contributed by atoms with Gasteiger partial charge in [0.15, 0.2) is 0 Å². The van der Waals surface area contributed by atoms with Gasteiger partial charge in [-0.15, -0.1) is 0 Å². The summed E-state index contributed by atoms with van der Waals surface area (Å²) in [6.45, 7) is 7.10. The van der Waals surface area contributed by atoms with Crippen molar-refractivity contribution in [3.05, 3.63) is 18.0 Å². The highest BCUT2D eigenvalue weighted by atomic mass is 16.2. The second-order valence-electron chi connectivity index (χ2n) is 6.02. The molecule has 21 heavy (non-hydrogen) atoms. The third-order valence-electron chi connectivity index (χ3n) is 4.00. The highest BCUT2D eigenvalue weighted by Gasteiger charge is 2.20. The van der Waals surface area contributed by atoms with Crippen LogP contribution in [-0.2, 0) is 0 Å². The lowest BCUT2D eigenvalue weighted by Gasteiger charge is -2.31. The minimum atomic E-state index is -0.0165. The number of rotatable bonds is 5. The number of carbonyl (C=O) groups is 1. The predicted molar refractivity (Wildman–Crippen MR) is 84.5 cm³/mol. The molecule has 0 bridgehead atoms. The Labute approximate surface area is 127 Å². The van der Waals surface area contributed by atoms with Crippen LogP contribution in [0, 0.1) is 5.92 Å². The maximum Gasteiger partial charge on any atom is 0.272 e. The van der Waals surface area contributed by atoms with Gasteiger partial charge >= 0.3 is 0 Å². The molecule has 116 valence electrons. The number of hydrogen-bond acceptors (Lipinski definition) is 4. The van der Waals surface area contributed by atoms with Crippen molar-refractivity contribution in [1.29, 1.82) is 0 Å². The van der Waals surface area contributed by atoms with Crippen LogP contribution in [-0.4, -0.2) is 47.5 Å². The topological polar surface area (TPSA) is 49.3 Å². The minimum Gasteiger partial charge on any atom is -0.341 e. The van der Waals surface area contributed by atoms with Crippen molar-refractivity contribution in [3.8, 4) is 0 Å². The van der Waals surface area contributed by atoms with Crippen LogP contribution in [0.25, 0.3) is 0 Å². The van der Waals surface area contributed by atoms with E-state index in [2.05, 4.69) is 28.7 Å². The summed E-state index contributed by atoms with van der Waals surface area (Å²) in [5.41, 5.74) is 0.497. The molecule has 1 fully saturated rings. The molecule has 1 atom stereocenters. The van der Waals surface area contributed by atoms with Crippen molar-refractivity contribution in [3.63, 3.8) is 0 Å². The number of carbonyl (C=O) groups excluding carboxylic acids is 1. The van der Waals surface area contributed by atoms with Gasteiger partial charge in [0.2, 0.25) is 5.95 Å². The minimum absolute atomic E-state index is 0.0165. The van der Waals surface area contributed by atoms with E-state index in [1.807, 2.05) is 7.05 Å². The van der Waals surface area contributed by atoms with Gasteiger partial charge < -0.3 is 9.80 Å². The second-order valence-corrected chi connectivity index (χ2v) is 6.02. The molecule has 0 radical (unpaired) electrons. The summed E-state index contributed by atoms with van der Waals surface area (Å²) in [6, 6.07) is 1.71. The van der Waals surface area contributed by atoms with Gasteiger partial charge in [-0.1, -0.05) is 20.3 Å². The van der Waals surface area contributed by atoms with E-state index in [0.717, 1.165) is 32.5 Å². The average molecular weight is 290 g/mol. The van der Waals surface area contributed by atoms with Gasteiger partial charge in [0.05, 0.1) is 0 Å². The van der Waals surface area contributed by atoms with E-state index < -0.39 is 0 Å². The van der Waals surface area contributed by atoms with Gasteiger partial charge in [0.1, 0.15) is 5.69 Å². The van der Waals surface area contributed by atoms with Crippen LogP contribution >= 0.6 is 0 Å². The summed E-state index contributed by atoms with van der Waals surface area (Å²) in [5, 5.41) is 0. The lowest BCUT2D eigenvalue weighted by atomic mass is 10.0. The first-order chi connectivity index (χ1) is 10.1. The molecule has 5 nitrogen and oxygen atoms in total. The fraction of sp³-hybridized carbons (Fsp3) is 0.688. The fourth-order valence-electron chi connectivity index (χ4n) is 2.68. The largest absolute Gasteiger partial charge is 0.341 e. The third kappa shape index (κ3) is 4.16. The van der Waals surface area contributed by atoms with E-state index >= 15 is 0 Å². The SMILES string of the molecule is CCCCN(C)C(=O)c1ccnc(N2CCCC(C)C2)n1. The molecule has 1 unspecified atom stereocenters. The van der Waals surface area contributed by atoms with Gasteiger partial charge in [-0.05, 0) is 31.2 Å². The zero-order valence-electron chi connectivity index (χ0n) is 13.4. The summed E-state index contributed by atoms with van der Waals surface area (Å²) in [5.74, 6) is 1.34. The molecule has 0 saturated carbocycles. The van der Waals surface area contributed by atoms with Crippen molar-refractivity contribution in [2.75, 3.05) is 31.6 Å². The number of amides is 1. The molecule has 1 aliphatic heterocycles. The second kappa shape index (κ2) is 7.38. The van der Waals surface area contributed by atoms with Crippen molar-refractivity contribution < 1.29 is 4.79 Å². The maximum absolute atomic E-state index is 12.4. The van der Waals surface area contributed by atoms with E-state index in [4.69, 9.17) is 0 Å². The van der Waals surface area contributed by atoms with Crippen molar-refractivity contribution in [2.45, 2.75) is 39.5 Å². The predicted octanol–water partition coefficient (Wildman–Crippen LogP) is 2.59. The van der Waals surface area contributed by atoms with Crippen LogP contribution in [0.15, 0.2) is 12.3 Å². The van der Waals surface area contributed by atoms with Crippen LogP contribution in [0.2, 0.25) is 0 Å². The summed E-state index contributed by atoms with van der Waals surface area (Å²) in [7, 11) is 1.84. The molecule has 1 aliphatic rings. The Kier molecular flexibility index (Phi) is 5.53. The zero-order chi connectivity index (χ0) is 15.2. The summed E-state index contributed by atoms with van der Waals surface area (Å²) in [6.07, 6.45) is 6.22. The summed E-state index contributed by atoms with van der Waals surface area (Å²) in [4.78, 5) is 25.1. The Morgan fingerprint density at radius 2 is 2.33 bits per heavy atom. The van der Waals surface area contributed by atoms with Crippen molar-refractivity contribution in [1.82, 2.24) is 14.9 Å². The van der Waals surface area contributed by atoms with Crippen molar-refractivity contribution in [2.24, 2.45) is 5.92 Å². The van der Waals surface area contributed by atoms with Crippen LogP contribution in [0.1, 0.15) is 50.0 Å². The molecule has 0 spiro atoms. The van der Waals surface area contributed by atoms with Crippen LogP contribution in [0.3, 0.4) is 0 Å². The molecule has 1 aromatic rings. The van der Waals surface area contributed by atoms with Gasteiger partial charge in [0, 0.05) is 32.9 Å². The van der Waals surface area contributed by atoms with Crippen LogP contribution < -0.4 is 4.90 Å². The smallest absolute Gasteiger partial charge is 0.272 e. The normalized spacial score (nSPS) is 18.6. The number of unbranched alkanes of at least 4 members (excludes halogenated alkanes) is 1. The lowest BCUT2D eigenvalue weighted by molar-refractivity contribution is 0.0787. The molecular formula is C16H26N4O. The highest BCUT2D eigenvalue weighted by molar-refractivity contribution is 5.92. The third-order valence-corrected chi connectivity index (χ3v) is 4.00. The standard InChI is InChI=1S/C16H26N4O/c1-4-5-10-19(3)15(21)14-8-9-17-16(18-14)20-11-6-7-13(2)12-20/h8-9,13H,4-7,10-12H2,1-3H3. The van der Waals surface area contributed by atoms with Gasteiger partial charge in [0.25, 0.3) is 5.91 Å². The summed E-state index contributed by atoms with van der Waals surface area (Å²) < 4.78 is 0. The lowest BCUT2D eigenvalue weighted by Crippen LogP contribution is -2.36. The van der Waals surface area contributed by atoms with E-state index in [1.165, 1.54) is 12.8 Å². The average Bonchev–Trinajstić information content (AvgIpc) is 2.52. The first kappa shape index (κ1) is 15.7. The molecule has 1 aromatic heterocycles. The number of piperidine rings is 1. The first-order valence-electron chi connectivity index (χ1n) is 7.95. The van der Waals surface area contributed by atoms with E-state index in [1.54, 1.807) is 17.2 Å². The molecule has 5 heteroatoms. The van der Waals surface area contributed by atoms with Gasteiger partial charge in [-0.2, -0.15) is 0 Å². The number of hydrogen-bond donors (Lipinski definition) is 0. The fourth-order valence-corrected chi connectivity index (χ4v) is 2.68. The zero-order valence-corrected chi connectivity index (χ0v) is 13.4. The van der Waals surface area contributed by atoms with Crippen molar-refractivity contribution >= 4 is 11.9 Å². The van der Waals surface area contributed by atoms with E-state index in [-0.39, 0.29) is 5.91 Å². The molecule has 2 heterocycles. The van der Waals surface area contributed by atoms with Crippen LogP contribution in [0.4, 0.5) is 5.95 Å². The Balaban J connectivity index is 2.08. The molecule has 1 amide bonds. The Morgan fingerprint density at radius 1 is 1.52 bits per heavy atom. The molecule has 1 saturated heterocycles. The maximum atomic E-state index is 12.4. The van der Waals surface area contributed by atoms with Crippen LogP contribution in [0.5, 0.6) is 0 Å². The molecule has 2 rings (SSSR count). The first-order valence-corrected chi connectivity index (χ1v) is 7.95. The quantitative estimate of drug-likeness (QED) is 0.836.